The number of hydrogen-bond donors (Lipinski definition) is 5. The standard InChI is InChI=1S/C30H29F4N5O/c1-18(30(32,33)34)14-26(38-23-9-5-8-22(15-23)28(35)36)29(40)39-25-16-21(12-13-24(25)31)27(37-17-19-10-11-19)20-6-3-2-4-7-20/h2-9,12-16,19,27,37-38H,1,10-11,17H2,(H3,35,36)(H,39,40)/b26-14-. The minimum atomic E-state index is -4.80. The first kappa shape index (κ1) is 28.6. The summed E-state index contributed by atoms with van der Waals surface area (Å²) in [6.07, 6.45) is -1.98. The van der Waals surface area contributed by atoms with Gasteiger partial charge in [-0.2, -0.15) is 13.2 Å². The summed E-state index contributed by atoms with van der Waals surface area (Å²) in [5, 5.41) is 16.1. The number of alkyl halides is 3. The lowest BCUT2D eigenvalue weighted by molar-refractivity contribution is -0.112. The van der Waals surface area contributed by atoms with E-state index in [-0.39, 0.29) is 23.3 Å². The molecule has 0 spiro atoms. The number of allylic oxidation sites excluding steroid dienone is 2. The quantitative estimate of drug-likeness (QED) is 0.0639. The van der Waals surface area contributed by atoms with Crippen LogP contribution >= 0.6 is 0 Å². The van der Waals surface area contributed by atoms with Crippen molar-refractivity contribution in [2.24, 2.45) is 11.7 Å². The van der Waals surface area contributed by atoms with Gasteiger partial charge >= 0.3 is 6.18 Å². The number of amidine groups is 1. The highest BCUT2D eigenvalue weighted by atomic mass is 19.4. The summed E-state index contributed by atoms with van der Waals surface area (Å²) in [4.78, 5) is 13.2. The van der Waals surface area contributed by atoms with E-state index in [1.54, 1.807) is 6.07 Å². The van der Waals surface area contributed by atoms with Crippen LogP contribution in [-0.2, 0) is 4.79 Å². The van der Waals surface area contributed by atoms with Gasteiger partial charge in [-0.15, -0.1) is 0 Å². The van der Waals surface area contributed by atoms with Gasteiger partial charge in [0.25, 0.3) is 5.91 Å². The Kier molecular flexibility index (Phi) is 8.69. The lowest BCUT2D eigenvalue weighted by Gasteiger charge is -2.21. The Morgan fingerprint density at radius 1 is 1.02 bits per heavy atom. The molecular weight excluding hydrogens is 522 g/mol. The van der Waals surface area contributed by atoms with Crippen LogP contribution in [0, 0.1) is 17.1 Å². The lowest BCUT2D eigenvalue weighted by atomic mass is 9.97. The van der Waals surface area contributed by atoms with E-state index in [0.717, 1.165) is 24.9 Å². The maximum atomic E-state index is 14.9. The maximum absolute atomic E-state index is 14.9. The third-order valence-electron chi connectivity index (χ3n) is 6.39. The Labute approximate surface area is 229 Å². The monoisotopic (exact) mass is 551 g/mol. The topological polar surface area (TPSA) is 103 Å². The number of nitrogen functional groups attached to an aromatic ring is 1. The fourth-order valence-electron chi connectivity index (χ4n) is 4.02. The number of anilines is 2. The Bertz CT molecular complexity index is 1430. The number of hydrogen-bond acceptors (Lipinski definition) is 4. The highest BCUT2D eigenvalue weighted by molar-refractivity contribution is 6.06. The molecule has 3 aromatic rings. The molecular formula is C30H29F4N5O. The van der Waals surface area contributed by atoms with Crippen molar-refractivity contribution < 1.29 is 22.4 Å². The van der Waals surface area contributed by atoms with Crippen molar-refractivity contribution in [3.8, 4) is 0 Å². The molecule has 208 valence electrons. The van der Waals surface area contributed by atoms with E-state index < -0.39 is 29.2 Å². The van der Waals surface area contributed by atoms with Crippen LogP contribution in [0.5, 0.6) is 0 Å². The van der Waals surface area contributed by atoms with Gasteiger partial charge in [0.2, 0.25) is 0 Å². The van der Waals surface area contributed by atoms with Crippen molar-refractivity contribution in [2.75, 3.05) is 17.2 Å². The summed E-state index contributed by atoms with van der Waals surface area (Å²) in [6.45, 7) is 3.79. The summed E-state index contributed by atoms with van der Waals surface area (Å²) in [5.41, 5.74) is 5.62. The lowest BCUT2D eigenvalue weighted by Crippen LogP contribution is -2.25. The molecule has 0 heterocycles. The Balaban J connectivity index is 1.63. The van der Waals surface area contributed by atoms with Gasteiger partial charge < -0.3 is 21.7 Å². The molecule has 0 aromatic heterocycles. The Morgan fingerprint density at radius 2 is 1.75 bits per heavy atom. The maximum Gasteiger partial charge on any atom is 0.415 e. The van der Waals surface area contributed by atoms with Gasteiger partial charge in [0.1, 0.15) is 17.3 Å². The van der Waals surface area contributed by atoms with E-state index >= 15 is 0 Å². The Morgan fingerprint density at radius 3 is 2.40 bits per heavy atom. The van der Waals surface area contributed by atoms with E-state index in [0.29, 0.717) is 23.1 Å². The second-order valence-electron chi connectivity index (χ2n) is 9.59. The minimum Gasteiger partial charge on any atom is -0.384 e. The number of amides is 1. The molecule has 1 amide bonds. The Hall–Kier alpha value is -4.44. The number of nitrogens with one attached hydrogen (secondary N) is 4. The van der Waals surface area contributed by atoms with E-state index in [4.69, 9.17) is 11.1 Å². The summed E-state index contributed by atoms with van der Waals surface area (Å²) in [5.74, 6) is -1.45. The summed E-state index contributed by atoms with van der Waals surface area (Å²) in [6, 6.07) is 19.5. The molecule has 6 nitrogen and oxygen atoms in total. The third-order valence-corrected chi connectivity index (χ3v) is 6.39. The number of carbonyl (C=O) groups is 1. The molecule has 4 rings (SSSR count). The molecule has 1 saturated carbocycles. The van der Waals surface area contributed by atoms with Crippen LogP contribution in [0.3, 0.4) is 0 Å². The second-order valence-corrected chi connectivity index (χ2v) is 9.59. The molecule has 6 N–H and O–H groups in total. The van der Waals surface area contributed by atoms with Crippen molar-refractivity contribution in [3.05, 3.63) is 119 Å². The zero-order valence-corrected chi connectivity index (χ0v) is 21.5. The van der Waals surface area contributed by atoms with Gasteiger partial charge in [-0.1, -0.05) is 55.1 Å². The number of benzene rings is 3. The fraction of sp³-hybridized carbons (Fsp3) is 0.200. The third kappa shape index (κ3) is 7.57. The van der Waals surface area contributed by atoms with Crippen LogP contribution in [0.15, 0.2) is 96.7 Å². The molecule has 0 radical (unpaired) electrons. The van der Waals surface area contributed by atoms with Crippen molar-refractivity contribution in [3.63, 3.8) is 0 Å². The largest absolute Gasteiger partial charge is 0.415 e. The molecule has 0 saturated heterocycles. The zero-order chi connectivity index (χ0) is 28.9. The van der Waals surface area contributed by atoms with E-state index in [1.165, 1.54) is 36.4 Å². The van der Waals surface area contributed by atoms with Crippen molar-refractivity contribution in [1.82, 2.24) is 5.32 Å². The average molecular weight is 552 g/mol. The van der Waals surface area contributed by atoms with Gasteiger partial charge in [0.15, 0.2) is 0 Å². The van der Waals surface area contributed by atoms with E-state index in [9.17, 15) is 22.4 Å². The van der Waals surface area contributed by atoms with Gasteiger partial charge in [-0.25, -0.2) is 4.39 Å². The molecule has 0 bridgehead atoms. The molecule has 1 atom stereocenters. The predicted molar refractivity (Wildman–Crippen MR) is 148 cm³/mol. The van der Waals surface area contributed by atoms with Crippen LogP contribution in [0.25, 0.3) is 0 Å². The van der Waals surface area contributed by atoms with E-state index in [1.807, 2.05) is 30.3 Å². The van der Waals surface area contributed by atoms with Gasteiger partial charge in [-0.05, 0) is 66.8 Å². The van der Waals surface area contributed by atoms with Crippen molar-refractivity contribution in [1.29, 1.82) is 5.41 Å². The van der Waals surface area contributed by atoms with Crippen molar-refractivity contribution >= 4 is 23.1 Å². The number of halogens is 4. The molecule has 1 aliphatic rings. The highest BCUT2D eigenvalue weighted by Crippen LogP contribution is 2.32. The summed E-state index contributed by atoms with van der Waals surface area (Å²) in [7, 11) is 0. The van der Waals surface area contributed by atoms with Crippen LogP contribution in [-0.4, -0.2) is 24.5 Å². The van der Waals surface area contributed by atoms with Gasteiger partial charge in [-0.3, -0.25) is 10.2 Å². The SMILES string of the molecule is C=C(/C=C(\Nc1cccc(C(=N)N)c1)C(=O)Nc1cc(C(NCC2CC2)c2ccccc2)ccc1F)C(F)(F)F. The second kappa shape index (κ2) is 12.2. The fourth-order valence-corrected chi connectivity index (χ4v) is 4.02. The summed E-state index contributed by atoms with van der Waals surface area (Å²) < 4.78 is 54.8. The van der Waals surface area contributed by atoms with Crippen LogP contribution in [0.4, 0.5) is 28.9 Å². The average Bonchev–Trinajstić information content (AvgIpc) is 3.75. The molecule has 10 heteroatoms. The number of nitrogens with two attached hydrogens (primary N) is 1. The predicted octanol–water partition coefficient (Wildman–Crippen LogP) is 6.25. The van der Waals surface area contributed by atoms with Crippen LogP contribution in [0.1, 0.15) is 35.6 Å². The molecule has 40 heavy (non-hydrogen) atoms. The van der Waals surface area contributed by atoms with Gasteiger partial charge in [0.05, 0.1) is 17.3 Å². The van der Waals surface area contributed by atoms with Gasteiger partial charge in [0, 0.05) is 11.3 Å². The highest BCUT2D eigenvalue weighted by Gasteiger charge is 2.31. The first-order chi connectivity index (χ1) is 19.0. The smallest absolute Gasteiger partial charge is 0.384 e. The molecule has 0 aliphatic heterocycles. The normalized spacial score (nSPS) is 14.3. The minimum absolute atomic E-state index is 0.195. The molecule has 1 unspecified atom stereocenters. The molecule has 3 aromatic carbocycles. The molecule has 1 fully saturated rings. The molecule has 1 aliphatic carbocycles. The van der Waals surface area contributed by atoms with E-state index in [2.05, 4.69) is 22.5 Å². The number of rotatable bonds is 11. The first-order valence-corrected chi connectivity index (χ1v) is 12.6. The number of carbonyl (C=O) groups excluding carboxylic acids is 1. The summed E-state index contributed by atoms with van der Waals surface area (Å²) >= 11 is 0. The van der Waals surface area contributed by atoms with Crippen LogP contribution in [0.2, 0.25) is 0 Å². The first-order valence-electron chi connectivity index (χ1n) is 12.6. The van der Waals surface area contributed by atoms with Crippen LogP contribution < -0.4 is 21.7 Å². The van der Waals surface area contributed by atoms with Crippen molar-refractivity contribution in [2.45, 2.75) is 25.1 Å². The zero-order valence-electron chi connectivity index (χ0n) is 21.5.